The van der Waals surface area contributed by atoms with Crippen molar-refractivity contribution < 1.29 is 14.6 Å². The lowest BCUT2D eigenvalue weighted by Gasteiger charge is -2.46. The summed E-state index contributed by atoms with van der Waals surface area (Å²) in [7, 11) is 3.36. The third kappa shape index (κ3) is 5.85. The standard InChI is InChI=1S/C26H36N4O3/c1-27-25(31)24-19-28(18-21-6-4-3-5-7-21)16-17-30(24)20-26(32)12-14-29(15-13-26)22-8-10-23(33-2)11-9-22/h3-11,24,32H,12-20H2,1-2H3,(H,27,31)/t24-/m0/s1. The molecule has 0 unspecified atom stereocenters. The van der Waals surface area contributed by atoms with Crippen LogP contribution in [0.3, 0.4) is 0 Å². The highest BCUT2D eigenvalue weighted by Gasteiger charge is 2.39. The predicted molar refractivity (Wildman–Crippen MR) is 131 cm³/mol. The quantitative estimate of drug-likeness (QED) is 0.670. The number of methoxy groups -OCH3 is 1. The van der Waals surface area contributed by atoms with Gasteiger partial charge in [0.25, 0.3) is 0 Å². The number of amides is 1. The van der Waals surface area contributed by atoms with Gasteiger partial charge in [-0.25, -0.2) is 0 Å². The maximum absolute atomic E-state index is 12.7. The molecule has 7 heteroatoms. The van der Waals surface area contributed by atoms with Crippen LogP contribution in [0, 0.1) is 0 Å². The second-order valence-corrected chi connectivity index (χ2v) is 9.23. The summed E-state index contributed by atoms with van der Waals surface area (Å²) in [6, 6.07) is 18.2. The minimum absolute atomic E-state index is 0.0204. The van der Waals surface area contributed by atoms with Crippen LogP contribution in [0.5, 0.6) is 5.75 Å². The molecule has 0 spiro atoms. The second-order valence-electron chi connectivity index (χ2n) is 9.23. The molecule has 0 radical (unpaired) electrons. The van der Waals surface area contributed by atoms with Gasteiger partial charge < -0.3 is 20.1 Å². The Kier molecular flexibility index (Phi) is 7.53. The largest absolute Gasteiger partial charge is 0.497 e. The monoisotopic (exact) mass is 452 g/mol. The van der Waals surface area contributed by atoms with E-state index in [1.165, 1.54) is 5.56 Å². The maximum atomic E-state index is 12.7. The van der Waals surface area contributed by atoms with Crippen LogP contribution in [-0.4, -0.2) is 85.9 Å². The number of rotatable bonds is 7. The van der Waals surface area contributed by atoms with E-state index < -0.39 is 5.60 Å². The van der Waals surface area contributed by atoms with Gasteiger partial charge in [-0.2, -0.15) is 0 Å². The average molecular weight is 453 g/mol. The SMILES string of the molecule is CNC(=O)[C@@H]1CN(Cc2ccccc2)CCN1CC1(O)CCN(c2ccc(OC)cc2)CC1. The maximum Gasteiger partial charge on any atom is 0.238 e. The van der Waals surface area contributed by atoms with Crippen LogP contribution in [0.1, 0.15) is 18.4 Å². The van der Waals surface area contributed by atoms with Gasteiger partial charge >= 0.3 is 0 Å². The molecule has 7 nitrogen and oxygen atoms in total. The van der Waals surface area contributed by atoms with Gasteiger partial charge in [0.1, 0.15) is 11.8 Å². The lowest BCUT2D eigenvalue weighted by atomic mass is 9.89. The molecule has 178 valence electrons. The number of carbonyl (C=O) groups is 1. The van der Waals surface area contributed by atoms with Crippen molar-refractivity contribution in [2.75, 3.05) is 58.3 Å². The van der Waals surface area contributed by atoms with Gasteiger partial charge in [-0.1, -0.05) is 30.3 Å². The van der Waals surface area contributed by atoms with Crippen LogP contribution in [0.2, 0.25) is 0 Å². The van der Waals surface area contributed by atoms with Crippen LogP contribution in [0.15, 0.2) is 54.6 Å². The van der Waals surface area contributed by atoms with Crippen LogP contribution >= 0.6 is 0 Å². The number of piperazine rings is 1. The third-order valence-electron chi connectivity index (χ3n) is 7.00. The molecule has 2 N–H and O–H groups in total. The number of piperidine rings is 1. The number of hydrogen-bond donors (Lipinski definition) is 2. The smallest absolute Gasteiger partial charge is 0.238 e. The third-order valence-corrected chi connectivity index (χ3v) is 7.00. The second kappa shape index (κ2) is 10.5. The summed E-state index contributed by atoms with van der Waals surface area (Å²) in [6.07, 6.45) is 1.37. The van der Waals surface area contributed by atoms with Crippen molar-refractivity contribution in [3.63, 3.8) is 0 Å². The molecule has 1 atom stereocenters. The molecule has 2 aliphatic heterocycles. The minimum atomic E-state index is -0.781. The van der Waals surface area contributed by atoms with Crippen molar-refractivity contribution in [1.82, 2.24) is 15.1 Å². The zero-order valence-corrected chi connectivity index (χ0v) is 19.7. The first-order valence-corrected chi connectivity index (χ1v) is 11.8. The van der Waals surface area contributed by atoms with Crippen molar-refractivity contribution in [2.45, 2.75) is 31.0 Å². The first kappa shape index (κ1) is 23.5. The molecule has 0 aliphatic carbocycles. The fourth-order valence-corrected chi connectivity index (χ4v) is 4.98. The van der Waals surface area contributed by atoms with Gasteiger partial charge in [-0.15, -0.1) is 0 Å². The number of β-amino-alcohol motifs (C(OH)–C–C–N with tert-alkyl or cyclic N) is 1. The Morgan fingerprint density at radius 1 is 1.06 bits per heavy atom. The molecule has 2 aromatic carbocycles. The van der Waals surface area contributed by atoms with E-state index in [9.17, 15) is 9.90 Å². The number of aliphatic hydroxyl groups is 1. The lowest BCUT2D eigenvalue weighted by molar-refractivity contribution is -0.131. The Balaban J connectivity index is 1.36. The average Bonchev–Trinajstić information content (AvgIpc) is 2.85. The summed E-state index contributed by atoms with van der Waals surface area (Å²) in [5.74, 6) is 0.867. The first-order chi connectivity index (χ1) is 16.0. The summed E-state index contributed by atoms with van der Waals surface area (Å²) in [6.45, 7) is 5.28. The van der Waals surface area contributed by atoms with Crippen LogP contribution in [0.4, 0.5) is 5.69 Å². The van der Waals surface area contributed by atoms with Gasteiger partial charge in [0, 0.05) is 58.5 Å². The van der Waals surface area contributed by atoms with Gasteiger partial charge in [-0.05, 0) is 42.7 Å². The molecule has 0 bridgehead atoms. The number of benzene rings is 2. The highest BCUT2D eigenvalue weighted by molar-refractivity contribution is 5.81. The number of nitrogens with zero attached hydrogens (tertiary/aromatic N) is 3. The Bertz CT molecular complexity index is 898. The van der Waals surface area contributed by atoms with Crippen molar-refractivity contribution >= 4 is 11.6 Å². The van der Waals surface area contributed by atoms with E-state index in [1.807, 2.05) is 18.2 Å². The van der Waals surface area contributed by atoms with Gasteiger partial charge in [0.2, 0.25) is 5.91 Å². The summed E-state index contributed by atoms with van der Waals surface area (Å²) in [5.41, 5.74) is 1.62. The molecule has 2 aliphatic rings. The molecule has 0 saturated carbocycles. The molecule has 0 aromatic heterocycles. The Hall–Kier alpha value is -2.61. The predicted octanol–water partition coefficient (Wildman–Crippen LogP) is 1.96. The van der Waals surface area contributed by atoms with Gasteiger partial charge in [0.15, 0.2) is 0 Å². The summed E-state index contributed by atoms with van der Waals surface area (Å²) < 4.78 is 5.25. The first-order valence-electron chi connectivity index (χ1n) is 11.8. The molecular formula is C26H36N4O3. The lowest BCUT2D eigenvalue weighted by Crippen LogP contribution is -2.62. The van der Waals surface area contributed by atoms with E-state index >= 15 is 0 Å². The highest BCUT2D eigenvalue weighted by atomic mass is 16.5. The molecule has 33 heavy (non-hydrogen) atoms. The molecule has 2 saturated heterocycles. The van der Waals surface area contributed by atoms with E-state index in [-0.39, 0.29) is 11.9 Å². The van der Waals surface area contributed by atoms with Crippen molar-refractivity contribution in [2.24, 2.45) is 0 Å². The van der Waals surface area contributed by atoms with E-state index in [0.717, 1.165) is 44.2 Å². The zero-order chi connectivity index (χ0) is 23.3. The Morgan fingerprint density at radius 3 is 2.39 bits per heavy atom. The molecule has 1 amide bonds. The summed E-state index contributed by atoms with van der Waals surface area (Å²) >= 11 is 0. The normalized spacial score (nSPS) is 21.5. The topological polar surface area (TPSA) is 68.3 Å². The summed E-state index contributed by atoms with van der Waals surface area (Å²) in [4.78, 5) is 19.6. The van der Waals surface area contributed by atoms with Gasteiger partial charge in [-0.3, -0.25) is 14.6 Å². The molecular weight excluding hydrogens is 416 g/mol. The number of hydrogen-bond acceptors (Lipinski definition) is 6. The minimum Gasteiger partial charge on any atom is -0.497 e. The van der Waals surface area contributed by atoms with Crippen molar-refractivity contribution in [3.05, 3.63) is 60.2 Å². The Labute approximate surface area is 196 Å². The van der Waals surface area contributed by atoms with E-state index in [0.29, 0.717) is 25.9 Å². The van der Waals surface area contributed by atoms with Crippen LogP contribution in [-0.2, 0) is 11.3 Å². The number of carbonyl (C=O) groups excluding carboxylic acids is 1. The fraction of sp³-hybridized carbons (Fsp3) is 0.500. The van der Waals surface area contributed by atoms with Crippen molar-refractivity contribution in [3.8, 4) is 5.75 Å². The number of ether oxygens (including phenoxy) is 1. The molecule has 2 aromatic rings. The zero-order valence-electron chi connectivity index (χ0n) is 19.7. The summed E-state index contributed by atoms with van der Waals surface area (Å²) in [5, 5.41) is 14.2. The van der Waals surface area contributed by atoms with E-state index in [4.69, 9.17) is 4.74 Å². The Morgan fingerprint density at radius 2 is 1.76 bits per heavy atom. The fourth-order valence-electron chi connectivity index (χ4n) is 4.98. The molecule has 2 fully saturated rings. The molecule has 2 heterocycles. The number of nitrogens with one attached hydrogen (secondary N) is 1. The highest BCUT2D eigenvalue weighted by Crippen LogP contribution is 2.29. The van der Waals surface area contributed by atoms with E-state index in [1.54, 1.807) is 14.2 Å². The number of anilines is 1. The molecule has 4 rings (SSSR count). The van der Waals surface area contributed by atoms with Gasteiger partial charge in [0.05, 0.1) is 12.7 Å². The van der Waals surface area contributed by atoms with Crippen molar-refractivity contribution in [1.29, 1.82) is 0 Å². The number of likely N-dealkylation sites (N-methyl/N-ethyl adjacent to an activating group) is 1. The van der Waals surface area contributed by atoms with Crippen LogP contribution < -0.4 is 15.0 Å². The van der Waals surface area contributed by atoms with Crippen LogP contribution in [0.25, 0.3) is 0 Å². The van der Waals surface area contributed by atoms with E-state index in [2.05, 4.69) is 56.4 Å².